The predicted molar refractivity (Wildman–Crippen MR) is 170 cm³/mol. The Labute approximate surface area is 257 Å². The summed E-state index contributed by atoms with van der Waals surface area (Å²) in [6, 6.07) is 2.23. The fourth-order valence-electron chi connectivity index (χ4n) is 10.4. The number of hydrogen-bond donors (Lipinski definition) is 1. The molecule has 0 unspecified atom stereocenters. The third-order valence-corrected chi connectivity index (χ3v) is 12.7. The standard InChI is InChI=1S/C38H62O4/c1-3-4-5-6-7-8-9-10-11-12-13-14-15-16-17-18-35(39)42-29-38(40)28-37-25-21-32-31-23-26-41-33(31)22-24-36(32,2)34(37)20-19-30(38)27-37/h23,26,30,32,34,40H,3-22,24-25,27-29H2,1-2H3/t30-,32-,34+,36-,37+,38+/m1/s1. The molecule has 1 heterocycles. The molecule has 3 saturated carbocycles. The first-order chi connectivity index (χ1) is 20.4. The first kappa shape index (κ1) is 32.1. The van der Waals surface area contributed by atoms with Crippen LogP contribution in [-0.2, 0) is 16.0 Å². The largest absolute Gasteiger partial charge is 0.469 e. The minimum Gasteiger partial charge on any atom is -0.469 e. The van der Waals surface area contributed by atoms with Crippen molar-refractivity contribution in [1.82, 2.24) is 0 Å². The van der Waals surface area contributed by atoms with E-state index in [1.165, 1.54) is 120 Å². The van der Waals surface area contributed by atoms with Gasteiger partial charge in [0, 0.05) is 12.8 Å². The monoisotopic (exact) mass is 582 g/mol. The molecule has 4 aliphatic carbocycles. The second-order valence-electron chi connectivity index (χ2n) is 15.4. The minimum atomic E-state index is -0.835. The maximum Gasteiger partial charge on any atom is 0.305 e. The summed E-state index contributed by atoms with van der Waals surface area (Å²) in [6.07, 6.45) is 31.1. The van der Waals surface area contributed by atoms with Crippen molar-refractivity contribution in [3.63, 3.8) is 0 Å². The molecule has 0 amide bonds. The van der Waals surface area contributed by atoms with Crippen LogP contribution < -0.4 is 0 Å². The van der Waals surface area contributed by atoms with Crippen LogP contribution in [0, 0.1) is 22.7 Å². The van der Waals surface area contributed by atoms with Gasteiger partial charge in [-0.1, -0.05) is 104 Å². The van der Waals surface area contributed by atoms with Crippen LogP contribution in [0.15, 0.2) is 16.7 Å². The van der Waals surface area contributed by atoms with E-state index >= 15 is 0 Å². The van der Waals surface area contributed by atoms with Crippen molar-refractivity contribution in [3.05, 3.63) is 23.7 Å². The van der Waals surface area contributed by atoms with E-state index in [0.29, 0.717) is 18.3 Å². The lowest BCUT2D eigenvalue weighted by Gasteiger charge is -2.59. The van der Waals surface area contributed by atoms with Crippen LogP contribution in [0.3, 0.4) is 0 Å². The molecule has 1 spiro atoms. The van der Waals surface area contributed by atoms with E-state index in [1.807, 2.05) is 6.26 Å². The van der Waals surface area contributed by atoms with Crippen LogP contribution in [-0.4, -0.2) is 23.3 Å². The number of carbonyl (C=O) groups excluding carboxylic acids is 1. The van der Waals surface area contributed by atoms with Gasteiger partial charge < -0.3 is 14.3 Å². The summed E-state index contributed by atoms with van der Waals surface area (Å²) in [5, 5.41) is 11.9. The van der Waals surface area contributed by atoms with Crippen LogP contribution in [0.4, 0.5) is 0 Å². The lowest BCUT2D eigenvalue weighted by atomic mass is 9.45. The highest BCUT2D eigenvalue weighted by Gasteiger charge is 2.66. The summed E-state index contributed by atoms with van der Waals surface area (Å²) in [4.78, 5) is 12.6. The van der Waals surface area contributed by atoms with Gasteiger partial charge in [0.15, 0.2) is 0 Å². The van der Waals surface area contributed by atoms with Crippen molar-refractivity contribution in [3.8, 4) is 0 Å². The first-order valence-corrected chi connectivity index (χ1v) is 18.3. The summed E-state index contributed by atoms with van der Waals surface area (Å²) in [6.45, 7) is 5.02. The highest BCUT2D eigenvalue weighted by Crippen LogP contribution is 2.72. The van der Waals surface area contributed by atoms with E-state index < -0.39 is 5.60 Å². The molecule has 238 valence electrons. The summed E-state index contributed by atoms with van der Waals surface area (Å²) < 4.78 is 11.6. The molecule has 0 aromatic carbocycles. The lowest BCUT2D eigenvalue weighted by Crippen LogP contribution is -2.51. The number of esters is 1. The van der Waals surface area contributed by atoms with Gasteiger partial charge in [0.05, 0.1) is 6.26 Å². The molecule has 0 aliphatic heterocycles. The molecule has 2 bridgehead atoms. The molecule has 3 fully saturated rings. The summed E-state index contributed by atoms with van der Waals surface area (Å²) in [5.41, 5.74) is 1.13. The van der Waals surface area contributed by atoms with Crippen molar-refractivity contribution in [1.29, 1.82) is 0 Å². The molecule has 0 saturated heterocycles. The number of fused-ring (bicyclic) bond motifs is 5. The number of unbranched alkanes of at least 4 members (excludes halogenated alkanes) is 14. The smallest absolute Gasteiger partial charge is 0.305 e. The Hall–Kier alpha value is -1.29. The predicted octanol–water partition coefficient (Wildman–Crippen LogP) is 10.5. The van der Waals surface area contributed by atoms with Gasteiger partial charge in [0.2, 0.25) is 0 Å². The SMILES string of the molecule is CCCCCCCCCCCCCCCCCC(=O)OC[C@@]1(O)C[C@@]23CC[C@@H]4c5ccoc5CC[C@@]4(C)[C@@H]2CC[C@@H]1C3. The Kier molecular flexibility index (Phi) is 11.2. The number of carbonyl (C=O) groups is 1. The maximum atomic E-state index is 12.6. The van der Waals surface area contributed by atoms with Crippen LogP contribution in [0.5, 0.6) is 0 Å². The molecule has 5 rings (SSSR count). The molecule has 42 heavy (non-hydrogen) atoms. The quantitative estimate of drug-likeness (QED) is 0.138. The van der Waals surface area contributed by atoms with Crippen LogP contribution >= 0.6 is 0 Å². The van der Waals surface area contributed by atoms with Crippen molar-refractivity contribution in [2.24, 2.45) is 22.7 Å². The second kappa shape index (κ2) is 14.7. The third kappa shape index (κ3) is 7.16. The zero-order valence-electron chi connectivity index (χ0n) is 27.2. The zero-order valence-corrected chi connectivity index (χ0v) is 27.2. The fraction of sp³-hybridized carbons (Fsp3) is 0.868. The van der Waals surface area contributed by atoms with Gasteiger partial charge in [-0.2, -0.15) is 0 Å². The molecule has 4 aliphatic rings. The van der Waals surface area contributed by atoms with E-state index in [1.54, 1.807) is 0 Å². The van der Waals surface area contributed by atoms with Crippen molar-refractivity contribution in [2.75, 3.05) is 6.61 Å². The van der Waals surface area contributed by atoms with Gasteiger partial charge in [-0.3, -0.25) is 4.79 Å². The van der Waals surface area contributed by atoms with Crippen molar-refractivity contribution >= 4 is 5.97 Å². The molecule has 1 aromatic heterocycles. The van der Waals surface area contributed by atoms with Gasteiger partial charge in [0.1, 0.15) is 18.0 Å². The van der Waals surface area contributed by atoms with Crippen LogP contribution in [0.2, 0.25) is 0 Å². The highest BCUT2D eigenvalue weighted by molar-refractivity contribution is 5.69. The number of rotatable bonds is 18. The number of aryl methyl sites for hydroxylation is 1. The van der Waals surface area contributed by atoms with Gasteiger partial charge in [-0.15, -0.1) is 0 Å². The number of aliphatic hydroxyl groups is 1. The van der Waals surface area contributed by atoms with Crippen LogP contribution in [0.25, 0.3) is 0 Å². The van der Waals surface area contributed by atoms with E-state index in [4.69, 9.17) is 9.15 Å². The third-order valence-electron chi connectivity index (χ3n) is 12.7. The van der Waals surface area contributed by atoms with Gasteiger partial charge in [-0.05, 0) is 91.6 Å². The zero-order chi connectivity index (χ0) is 29.5. The molecule has 6 atom stereocenters. The van der Waals surface area contributed by atoms with E-state index in [9.17, 15) is 9.90 Å². The molecule has 4 heteroatoms. The summed E-state index contributed by atoms with van der Waals surface area (Å²) >= 11 is 0. The van der Waals surface area contributed by atoms with Gasteiger partial charge in [0.25, 0.3) is 0 Å². The number of hydrogen-bond acceptors (Lipinski definition) is 4. The first-order valence-electron chi connectivity index (χ1n) is 18.3. The average Bonchev–Trinajstić information content (AvgIpc) is 3.54. The Morgan fingerprint density at radius 2 is 1.55 bits per heavy atom. The molecular weight excluding hydrogens is 520 g/mol. The Morgan fingerprint density at radius 1 is 0.905 bits per heavy atom. The minimum absolute atomic E-state index is 0.107. The molecule has 0 radical (unpaired) electrons. The van der Waals surface area contributed by atoms with Crippen LogP contribution in [0.1, 0.15) is 179 Å². The summed E-state index contributed by atoms with van der Waals surface area (Å²) in [5.74, 6) is 2.62. The topological polar surface area (TPSA) is 59.7 Å². The normalized spacial score (nSPS) is 33.2. The Bertz CT molecular complexity index is 983. The maximum absolute atomic E-state index is 12.6. The van der Waals surface area contributed by atoms with Crippen molar-refractivity contribution in [2.45, 2.75) is 179 Å². The average molecular weight is 583 g/mol. The lowest BCUT2D eigenvalue weighted by molar-refractivity contribution is -0.154. The Balaban J connectivity index is 0.948. The van der Waals surface area contributed by atoms with Gasteiger partial charge >= 0.3 is 5.97 Å². The highest BCUT2D eigenvalue weighted by atomic mass is 16.5. The molecular formula is C38H62O4. The Morgan fingerprint density at radius 3 is 2.21 bits per heavy atom. The van der Waals surface area contributed by atoms with Crippen molar-refractivity contribution < 1.29 is 19.1 Å². The van der Waals surface area contributed by atoms with Gasteiger partial charge in [-0.25, -0.2) is 0 Å². The van der Waals surface area contributed by atoms with E-state index in [-0.39, 0.29) is 29.3 Å². The number of ether oxygens (including phenoxy) is 1. The van der Waals surface area contributed by atoms with E-state index in [0.717, 1.165) is 38.5 Å². The number of furan rings is 1. The molecule has 4 nitrogen and oxygen atoms in total. The summed E-state index contributed by atoms with van der Waals surface area (Å²) in [7, 11) is 0. The second-order valence-corrected chi connectivity index (χ2v) is 15.4. The molecule has 1 aromatic rings. The molecule has 1 N–H and O–H groups in total. The fourth-order valence-corrected chi connectivity index (χ4v) is 10.4. The van der Waals surface area contributed by atoms with E-state index in [2.05, 4.69) is 19.9 Å².